The van der Waals surface area contributed by atoms with E-state index in [1.807, 2.05) is 17.0 Å². The van der Waals surface area contributed by atoms with Gasteiger partial charge < -0.3 is 19.4 Å². The number of nitrogens with one attached hydrogen (secondary N) is 2. The molecule has 0 aromatic carbocycles. The predicted molar refractivity (Wildman–Crippen MR) is 98.0 cm³/mol. The number of carbonyl (C=O) groups is 1. The second-order valence-electron chi connectivity index (χ2n) is 7.14. The van der Waals surface area contributed by atoms with Crippen molar-refractivity contribution in [1.29, 1.82) is 0 Å². The van der Waals surface area contributed by atoms with Crippen LogP contribution >= 0.6 is 0 Å². The van der Waals surface area contributed by atoms with E-state index in [1.165, 1.54) is 0 Å². The Kier molecular flexibility index (Phi) is 5.18. The first kappa shape index (κ1) is 17.4. The van der Waals surface area contributed by atoms with E-state index in [1.54, 1.807) is 0 Å². The molecule has 26 heavy (non-hydrogen) atoms. The van der Waals surface area contributed by atoms with Crippen molar-refractivity contribution in [3.63, 3.8) is 0 Å². The molecular weight excluding hydrogens is 334 g/mol. The zero-order valence-corrected chi connectivity index (χ0v) is 15.2. The van der Waals surface area contributed by atoms with Crippen molar-refractivity contribution >= 4 is 17.5 Å². The number of carbonyl (C=O) groups excluding carboxylic acids is 1. The van der Waals surface area contributed by atoms with Crippen LogP contribution in [-0.2, 0) is 9.53 Å². The Morgan fingerprint density at radius 2 is 1.62 bits per heavy atom. The molecule has 0 radical (unpaired) electrons. The molecule has 3 fully saturated rings. The standard InChI is InChI=1S/C17H27N7O2/c1-13-12-14(19-18-13)17(25)24-6-4-22(5-7-24)15-2-3-16(21-20-15)23-8-10-26-11-9-23/h2-3,13-14,18-19H,4-12H2,1H3. The number of nitrogens with zero attached hydrogens (tertiary/aromatic N) is 5. The first-order chi connectivity index (χ1) is 12.7. The molecule has 3 aliphatic rings. The van der Waals surface area contributed by atoms with E-state index in [-0.39, 0.29) is 11.9 Å². The van der Waals surface area contributed by atoms with Crippen molar-refractivity contribution in [2.24, 2.45) is 0 Å². The topological polar surface area (TPSA) is 85.9 Å². The Hall–Kier alpha value is -1.97. The predicted octanol–water partition coefficient (Wildman–Crippen LogP) is -0.783. The van der Waals surface area contributed by atoms with Gasteiger partial charge in [-0.3, -0.25) is 10.2 Å². The molecule has 142 valence electrons. The number of ether oxygens (including phenoxy) is 1. The Morgan fingerprint density at radius 3 is 2.15 bits per heavy atom. The molecule has 9 heteroatoms. The Morgan fingerprint density at radius 1 is 1.00 bits per heavy atom. The molecule has 0 spiro atoms. The fourth-order valence-electron chi connectivity index (χ4n) is 3.70. The second-order valence-corrected chi connectivity index (χ2v) is 7.14. The molecule has 1 aromatic heterocycles. The Balaban J connectivity index is 1.31. The molecule has 1 aromatic rings. The molecule has 9 nitrogen and oxygen atoms in total. The molecule has 0 saturated carbocycles. The van der Waals surface area contributed by atoms with Crippen LogP contribution in [0.15, 0.2) is 12.1 Å². The lowest BCUT2D eigenvalue weighted by atomic mass is 10.1. The number of hydrazine groups is 1. The van der Waals surface area contributed by atoms with E-state index >= 15 is 0 Å². The van der Waals surface area contributed by atoms with Crippen LogP contribution in [-0.4, -0.2) is 85.6 Å². The third-order valence-electron chi connectivity index (χ3n) is 5.28. The molecule has 3 saturated heterocycles. The summed E-state index contributed by atoms with van der Waals surface area (Å²) in [5.74, 6) is 1.97. The van der Waals surface area contributed by atoms with Gasteiger partial charge in [0.25, 0.3) is 0 Å². The van der Waals surface area contributed by atoms with E-state index < -0.39 is 0 Å². The summed E-state index contributed by atoms with van der Waals surface area (Å²) in [6.45, 7) is 8.29. The first-order valence-corrected chi connectivity index (χ1v) is 9.42. The van der Waals surface area contributed by atoms with Gasteiger partial charge in [-0.15, -0.1) is 10.2 Å². The summed E-state index contributed by atoms with van der Waals surface area (Å²) in [5, 5.41) is 8.79. The minimum Gasteiger partial charge on any atom is -0.378 e. The van der Waals surface area contributed by atoms with E-state index in [4.69, 9.17) is 4.74 Å². The lowest BCUT2D eigenvalue weighted by molar-refractivity contribution is -0.133. The zero-order chi connectivity index (χ0) is 17.9. The average molecular weight is 361 g/mol. The quantitative estimate of drug-likeness (QED) is 0.725. The van der Waals surface area contributed by atoms with Crippen LogP contribution in [0.4, 0.5) is 11.6 Å². The van der Waals surface area contributed by atoms with Crippen molar-refractivity contribution in [3.05, 3.63) is 12.1 Å². The van der Waals surface area contributed by atoms with Gasteiger partial charge >= 0.3 is 0 Å². The molecular formula is C17H27N7O2. The highest BCUT2D eigenvalue weighted by Crippen LogP contribution is 2.18. The van der Waals surface area contributed by atoms with Gasteiger partial charge in [0.05, 0.1) is 13.2 Å². The summed E-state index contributed by atoms with van der Waals surface area (Å²) < 4.78 is 5.37. The van der Waals surface area contributed by atoms with Gasteiger partial charge in [-0.1, -0.05) is 0 Å². The number of morpholine rings is 1. The maximum Gasteiger partial charge on any atom is 0.241 e. The van der Waals surface area contributed by atoms with Crippen LogP contribution in [0.3, 0.4) is 0 Å². The maximum absolute atomic E-state index is 12.6. The number of hydrogen-bond acceptors (Lipinski definition) is 8. The van der Waals surface area contributed by atoms with Gasteiger partial charge in [0, 0.05) is 45.3 Å². The van der Waals surface area contributed by atoms with Gasteiger partial charge in [0.15, 0.2) is 11.6 Å². The summed E-state index contributed by atoms with van der Waals surface area (Å²) >= 11 is 0. The zero-order valence-electron chi connectivity index (χ0n) is 15.2. The summed E-state index contributed by atoms with van der Waals surface area (Å²) in [5.41, 5.74) is 6.21. The van der Waals surface area contributed by atoms with Crippen LogP contribution in [0, 0.1) is 0 Å². The highest BCUT2D eigenvalue weighted by atomic mass is 16.5. The molecule has 0 bridgehead atoms. The van der Waals surface area contributed by atoms with Gasteiger partial charge in [0.2, 0.25) is 5.91 Å². The summed E-state index contributed by atoms with van der Waals surface area (Å²) in [6, 6.07) is 4.29. The van der Waals surface area contributed by atoms with Crippen LogP contribution < -0.4 is 20.7 Å². The normalized spacial score (nSPS) is 27.0. The van der Waals surface area contributed by atoms with Gasteiger partial charge in [-0.25, -0.2) is 5.43 Å². The van der Waals surface area contributed by atoms with E-state index in [0.717, 1.165) is 70.5 Å². The van der Waals surface area contributed by atoms with Crippen LogP contribution in [0.2, 0.25) is 0 Å². The lowest BCUT2D eigenvalue weighted by Crippen LogP contribution is -2.53. The van der Waals surface area contributed by atoms with E-state index in [0.29, 0.717) is 6.04 Å². The van der Waals surface area contributed by atoms with Crippen molar-refractivity contribution in [2.45, 2.75) is 25.4 Å². The van der Waals surface area contributed by atoms with Gasteiger partial charge in [-0.2, -0.15) is 0 Å². The van der Waals surface area contributed by atoms with Crippen molar-refractivity contribution in [1.82, 2.24) is 25.9 Å². The largest absolute Gasteiger partial charge is 0.378 e. The smallest absolute Gasteiger partial charge is 0.241 e. The highest BCUT2D eigenvalue weighted by Gasteiger charge is 2.32. The fraction of sp³-hybridized carbons (Fsp3) is 0.706. The molecule has 2 atom stereocenters. The average Bonchev–Trinajstić information content (AvgIpc) is 3.15. The third kappa shape index (κ3) is 3.74. The Bertz CT molecular complexity index is 612. The number of piperazine rings is 1. The highest BCUT2D eigenvalue weighted by molar-refractivity contribution is 5.82. The monoisotopic (exact) mass is 361 g/mol. The number of aromatic nitrogens is 2. The summed E-state index contributed by atoms with van der Waals surface area (Å²) in [7, 11) is 0. The van der Waals surface area contributed by atoms with E-state index in [9.17, 15) is 4.79 Å². The van der Waals surface area contributed by atoms with Crippen molar-refractivity contribution in [3.8, 4) is 0 Å². The van der Waals surface area contributed by atoms with Gasteiger partial charge in [-0.05, 0) is 25.5 Å². The SMILES string of the molecule is CC1CC(C(=O)N2CCN(c3ccc(N4CCOCC4)nn3)CC2)NN1. The number of rotatable bonds is 3. The second kappa shape index (κ2) is 7.73. The molecule has 4 heterocycles. The first-order valence-electron chi connectivity index (χ1n) is 9.42. The molecule has 0 aliphatic carbocycles. The third-order valence-corrected chi connectivity index (χ3v) is 5.28. The molecule has 3 aliphatic heterocycles. The van der Waals surface area contributed by atoms with Crippen LogP contribution in [0.5, 0.6) is 0 Å². The maximum atomic E-state index is 12.6. The molecule has 1 amide bonds. The molecule has 2 N–H and O–H groups in total. The summed E-state index contributed by atoms with van der Waals surface area (Å²) in [6.07, 6.45) is 0.841. The number of hydrogen-bond donors (Lipinski definition) is 2. The fourth-order valence-corrected chi connectivity index (χ4v) is 3.70. The Labute approximate surface area is 153 Å². The lowest BCUT2D eigenvalue weighted by Gasteiger charge is -2.36. The molecule has 4 rings (SSSR count). The van der Waals surface area contributed by atoms with Crippen molar-refractivity contribution < 1.29 is 9.53 Å². The minimum atomic E-state index is -0.107. The minimum absolute atomic E-state index is 0.107. The van der Waals surface area contributed by atoms with Crippen LogP contribution in [0.1, 0.15) is 13.3 Å². The number of anilines is 2. The van der Waals surface area contributed by atoms with E-state index in [2.05, 4.69) is 37.8 Å². The molecule has 2 unspecified atom stereocenters. The van der Waals surface area contributed by atoms with Crippen molar-refractivity contribution in [2.75, 3.05) is 62.3 Å². The summed E-state index contributed by atoms with van der Waals surface area (Å²) in [4.78, 5) is 18.9. The number of amides is 1. The van der Waals surface area contributed by atoms with Crippen LogP contribution in [0.25, 0.3) is 0 Å². The van der Waals surface area contributed by atoms with Gasteiger partial charge in [0.1, 0.15) is 6.04 Å².